The summed E-state index contributed by atoms with van der Waals surface area (Å²) in [6.45, 7) is 3.62. The van der Waals surface area contributed by atoms with E-state index in [1.165, 1.54) is 0 Å². The normalized spacial score (nSPS) is 26.1. The Morgan fingerprint density at radius 3 is 2.40 bits per heavy atom. The van der Waals surface area contributed by atoms with Crippen molar-refractivity contribution in [2.45, 2.75) is 32.4 Å². The predicted octanol–water partition coefficient (Wildman–Crippen LogP) is -0.900. The summed E-state index contributed by atoms with van der Waals surface area (Å²) >= 11 is 0. The molecule has 0 spiro atoms. The van der Waals surface area contributed by atoms with Crippen molar-refractivity contribution in [3.8, 4) is 0 Å². The second-order valence-electron chi connectivity index (χ2n) is 3.89. The summed E-state index contributed by atoms with van der Waals surface area (Å²) < 4.78 is 0. The van der Waals surface area contributed by atoms with Crippen LogP contribution in [-0.2, 0) is 14.4 Å². The molecular formula is C9H14N2O4. The van der Waals surface area contributed by atoms with Crippen LogP contribution in [0.3, 0.4) is 0 Å². The lowest BCUT2D eigenvalue weighted by molar-refractivity contribution is -0.143. The standard InChI is InChI=1S/C9H14N2O4/c1-4(2)7-9(15)10-5(3-6(12)13)8(14)11-7/h4-5,7H,3H2,1-2H3,(H,10,15)(H,11,14)(H,12,13)/t5-,7-/m0/s1. The summed E-state index contributed by atoms with van der Waals surface area (Å²) in [5.41, 5.74) is 0. The highest BCUT2D eigenvalue weighted by Crippen LogP contribution is 2.08. The molecule has 1 heterocycles. The van der Waals surface area contributed by atoms with Gasteiger partial charge in [-0.25, -0.2) is 0 Å². The average molecular weight is 214 g/mol. The Bertz CT molecular complexity index is 300. The molecular weight excluding hydrogens is 200 g/mol. The Morgan fingerprint density at radius 2 is 1.93 bits per heavy atom. The van der Waals surface area contributed by atoms with Gasteiger partial charge in [0.1, 0.15) is 12.1 Å². The molecule has 0 radical (unpaired) electrons. The third-order valence-electron chi connectivity index (χ3n) is 2.26. The quantitative estimate of drug-likeness (QED) is 0.567. The molecule has 0 unspecified atom stereocenters. The van der Waals surface area contributed by atoms with E-state index in [1.54, 1.807) is 0 Å². The second-order valence-corrected chi connectivity index (χ2v) is 3.89. The fourth-order valence-corrected chi connectivity index (χ4v) is 1.43. The number of hydrogen-bond acceptors (Lipinski definition) is 3. The van der Waals surface area contributed by atoms with Gasteiger partial charge in [-0.1, -0.05) is 13.8 Å². The summed E-state index contributed by atoms with van der Waals surface area (Å²) in [6.07, 6.45) is -0.387. The van der Waals surface area contributed by atoms with Gasteiger partial charge in [-0.3, -0.25) is 14.4 Å². The van der Waals surface area contributed by atoms with E-state index < -0.39 is 24.0 Å². The van der Waals surface area contributed by atoms with Crippen LogP contribution < -0.4 is 10.6 Å². The van der Waals surface area contributed by atoms with E-state index in [0.717, 1.165) is 0 Å². The first-order valence-corrected chi connectivity index (χ1v) is 4.74. The van der Waals surface area contributed by atoms with Gasteiger partial charge in [0.15, 0.2) is 0 Å². The number of rotatable bonds is 3. The Labute approximate surface area is 87.0 Å². The highest BCUT2D eigenvalue weighted by molar-refractivity contribution is 5.98. The minimum atomic E-state index is -1.11. The lowest BCUT2D eigenvalue weighted by Crippen LogP contribution is -2.63. The van der Waals surface area contributed by atoms with Crippen LogP contribution in [0.4, 0.5) is 0 Å². The Hall–Kier alpha value is -1.59. The van der Waals surface area contributed by atoms with E-state index in [-0.39, 0.29) is 18.2 Å². The monoisotopic (exact) mass is 214 g/mol. The number of carbonyl (C=O) groups is 3. The molecule has 0 aliphatic carbocycles. The summed E-state index contributed by atoms with van der Waals surface area (Å²) in [5, 5.41) is 13.4. The Kier molecular flexibility index (Phi) is 3.28. The highest BCUT2D eigenvalue weighted by Gasteiger charge is 2.35. The maximum absolute atomic E-state index is 11.5. The van der Waals surface area contributed by atoms with E-state index in [2.05, 4.69) is 10.6 Å². The largest absolute Gasteiger partial charge is 0.481 e. The van der Waals surface area contributed by atoms with Crippen LogP contribution in [0.2, 0.25) is 0 Å². The summed E-state index contributed by atoms with van der Waals surface area (Å²) in [6, 6.07) is -1.52. The average Bonchev–Trinajstić information content (AvgIpc) is 2.09. The lowest BCUT2D eigenvalue weighted by Gasteiger charge is -2.30. The van der Waals surface area contributed by atoms with Gasteiger partial charge in [-0.15, -0.1) is 0 Å². The summed E-state index contributed by atoms with van der Waals surface area (Å²) in [5.74, 6) is -1.88. The SMILES string of the molecule is CC(C)[C@@H]1NC(=O)[C@H](CC(=O)O)NC1=O. The molecule has 1 aliphatic heterocycles. The van der Waals surface area contributed by atoms with Crippen LogP contribution in [0.1, 0.15) is 20.3 Å². The fraction of sp³-hybridized carbons (Fsp3) is 0.667. The van der Waals surface area contributed by atoms with Crippen molar-refractivity contribution in [2.24, 2.45) is 5.92 Å². The lowest BCUT2D eigenvalue weighted by atomic mass is 9.99. The summed E-state index contributed by atoms with van der Waals surface area (Å²) in [4.78, 5) is 33.3. The smallest absolute Gasteiger partial charge is 0.305 e. The molecule has 1 fully saturated rings. The van der Waals surface area contributed by atoms with E-state index in [4.69, 9.17) is 5.11 Å². The number of aliphatic carboxylic acids is 1. The van der Waals surface area contributed by atoms with Crippen LogP contribution in [-0.4, -0.2) is 35.0 Å². The number of nitrogens with one attached hydrogen (secondary N) is 2. The van der Waals surface area contributed by atoms with Crippen LogP contribution in [0.25, 0.3) is 0 Å². The second kappa shape index (κ2) is 4.29. The van der Waals surface area contributed by atoms with Crippen LogP contribution in [0.5, 0.6) is 0 Å². The van der Waals surface area contributed by atoms with Crippen molar-refractivity contribution in [3.05, 3.63) is 0 Å². The van der Waals surface area contributed by atoms with Gasteiger partial charge >= 0.3 is 5.97 Å². The number of amides is 2. The van der Waals surface area contributed by atoms with E-state index in [9.17, 15) is 14.4 Å². The van der Waals surface area contributed by atoms with Crippen molar-refractivity contribution in [1.29, 1.82) is 0 Å². The van der Waals surface area contributed by atoms with Crippen molar-refractivity contribution in [2.75, 3.05) is 0 Å². The van der Waals surface area contributed by atoms with E-state index in [1.807, 2.05) is 13.8 Å². The third kappa shape index (κ3) is 2.68. The van der Waals surface area contributed by atoms with Gasteiger partial charge in [0.05, 0.1) is 6.42 Å². The number of carboxylic acids is 1. The van der Waals surface area contributed by atoms with Crippen molar-refractivity contribution < 1.29 is 19.5 Å². The fourth-order valence-electron chi connectivity index (χ4n) is 1.43. The molecule has 0 aromatic carbocycles. The minimum Gasteiger partial charge on any atom is -0.481 e. The first-order chi connectivity index (χ1) is 6.91. The summed E-state index contributed by atoms with van der Waals surface area (Å²) in [7, 11) is 0. The van der Waals surface area contributed by atoms with Crippen molar-refractivity contribution in [3.63, 3.8) is 0 Å². The van der Waals surface area contributed by atoms with Gasteiger partial charge in [0.25, 0.3) is 0 Å². The highest BCUT2D eigenvalue weighted by atomic mass is 16.4. The number of piperazine rings is 1. The van der Waals surface area contributed by atoms with Crippen molar-refractivity contribution >= 4 is 17.8 Å². The maximum atomic E-state index is 11.5. The first kappa shape index (κ1) is 11.5. The van der Waals surface area contributed by atoms with E-state index >= 15 is 0 Å². The first-order valence-electron chi connectivity index (χ1n) is 4.74. The van der Waals surface area contributed by atoms with Gasteiger partial charge in [0, 0.05) is 0 Å². The Morgan fingerprint density at radius 1 is 1.33 bits per heavy atom. The third-order valence-corrected chi connectivity index (χ3v) is 2.26. The molecule has 0 bridgehead atoms. The molecule has 2 amide bonds. The number of hydrogen-bond donors (Lipinski definition) is 3. The zero-order valence-corrected chi connectivity index (χ0v) is 8.61. The number of carboxylic acid groups (broad SMARTS) is 1. The molecule has 15 heavy (non-hydrogen) atoms. The zero-order chi connectivity index (χ0) is 11.6. The molecule has 0 saturated carbocycles. The van der Waals surface area contributed by atoms with Gasteiger partial charge in [0.2, 0.25) is 11.8 Å². The molecule has 1 aliphatic rings. The van der Waals surface area contributed by atoms with Crippen LogP contribution in [0.15, 0.2) is 0 Å². The molecule has 2 atom stereocenters. The van der Waals surface area contributed by atoms with Crippen molar-refractivity contribution in [1.82, 2.24) is 10.6 Å². The molecule has 84 valence electrons. The maximum Gasteiger partial charge on any atom is 0.305 e. The zero-order valence-electron chi connectivity index (χ0n) is 8.61. The van der Waals surface area contributed by atoms with Crippen LogP contribution >= 0.6 is 0 Å². The molecule has 1 saturated heterocycles. The minimum absolute atomic E-state index is 0.0141. The predicted molar refractivity (Wildman–Crippen MR) is 51.0 cm³/mol. The van der Waals surface area contributed by atoms with Crippen LogP contribution in [0, 0.1) is 5.92 Å². The van der Waals surface area contributed by atoms with Gasteiger partial charge < -0.3 is 15.7 Å². The number of carbonyl (C=O) groups excluding carboxylic acids is 2. The molecule has 1 rings (SSSR count). The van der Waals surface area contributed by atoms with Gasteiger partial charge in [-0.05, 0) is 5.92 Å². The topological polar surface area (TPSA) is 95.5 Å². The van der Waals surface area contributed by atoms with Gasteiger partial charge in [-0.2, -0.15) is 0 Å². The van der Waals surface area contributed by atoms with E-state index in [0.29, 0.717) is 0 Å². The molecule has 6 nitrogen and oxygen atoms in total. The molecule has 3 N–H and O–H groups in total. The molecule has 0 aromatic heterocycles. The Balaban J connectivity index is 2.67. The molecule has 0 aromatic rings. The molecule has 6 heteroatoms.